The van der Waals surface area contributed by atoms with Gasteiger partial charge in [0.05, 0.1) is 5.75 Å². The highest BCUT2D eigenvalue weighted by molar-refractivity contribution is 7.85. The molecule has 0 aromatic heterocycles. The normalized spacial score (nSPS) is 11.5. The number of hydrogen-bond acceptors (Lipinski definition) is 3. The predicted molar refractivity (Wildman–Crippen MR) is 55.0 cm³/mol. The third-order valence-electron chi connectivity index (χ3n) is 2.08. The van der Waals surface area contributed by atoms with E-state index >= 15 is 0 Å². The van der Waals surface area contributed by atoms with Crippen molar-refractivity contribution in [2.45, 2.75) is 0 Å². The van der Waals surface area contributed by atoms with Gasteiger partial charge < -0.3 is 5.32 Å². The van der Waals surface area contributed by atoms with E-state index in [1.165, 1.54) is 0 Å². The van der Waals surface area contributed by atoms with Gasteiger partial charge in [-0.15, -0.1) is 0 Å². The van der Waals surface area contributed by atoms with Crippen LogP contribution >= 0.6 is 0 Å². The molecule has 0 bridgehead atoms. The Morgan fingerprint density at radius 2 is 1.35 bits per heavy atom. The van der Waals surface area contributed by atoms with Crippen molar-refractivity contribution in [3.63, 3.8) is 0 Å². The average molecular weight is 319 g/mol. The Kier molecular flexibility index (Phi) is 4.65. The molecule has 0 saturated heterocycles. The molecule has 0 radical (unpaired) electrons. The Hall–Kier alpha value is -1.75. The van der Waals surface area contributed by atoms with Crippen LogP contribution in [0, 0.1) is 29.1 Å². The zero-order valence-electron chi connectivity index (χ0n) is 9.38. The van der Waals surface area contributed by atoms with E-state index in [2.05, 4.69) is 0 Å². The van der Waals surface area contributed by atoms with Gasteiger partial charge in [0.1, 0.15) is 5.56 Å². The summed E-state index contributed by atoms with van der Waals surface area (Å²) in [6.45, 7) is -0.781. The van der Waals surface area contributed by atoms with Gasteiger partial charge in [-0.25, -0.2) is 22.0 Å². The Morgan fingerprint density at radius 3 is 1.75 bits per heavy atom. The van der Waals surface area contributed by atoms with Gasteiger partial charge in [0, 0.05) is 6.54 Å². The van der Waals surface area contributed by atoms with Crippen molar-refractivity contribution in [1.29, 1.82) is 0 Å². The van der Waals surface area contributed by atoms with E-state index in [0.29, 0.717) is 0 Å². The van der Waals surface area contributed by atoms with E-state index in [1.54, 1.807) is 5.32 Å². The zero-order chi connectivity index (χ0) is 15.7. The first-order chi connectivity index (χ1) is 9.06. The second-order valence-corrected chi connectivity index (χ2v) is 5.06. The third-order valence-corrected chi connectivity index (χ3v) is 2.80. The van der Waals surface area contributed by atoms with Gasteiger partial charge in [0.15, 0.2) is 23.3 Å². The molecule has 11 heteroatoms. The lowest BCUT2D eigenvalue weighted by Crippen LogP contribution is -2.31. The van der Waals surface area contributed by atoms with Crippen LogP contribution < -0.4 is 5.32 Å². The fourth-order valence-corrected chi connectivity index (χ4v) is 1.55. The van der Waals surface area contributed by atoms with Gasteiger partial charge in [-0.3, -0.25) is 9.35 Å². The lowest BCUT2D eigenvalue weighted by Gasteiger charge is -2.08. The van der Waals surface area contributed by atoms with Crippen molar-refractivity contribution in [1.82, 2.24) is 5.32 Å². The summed E-state index contributed by atoms with van der Waals surface area (Å²) in [5, 5.41) is 1.60. The summed E-state index contributed by atoms with van der Waals surface area (Å²) in [4.78, 5) is 11.3. The summed E-state index contributed by atoms with van der Waals surface area (Å²) in [5.41, 5.74) is -1.74. The number of nitrogens with one attached hydrogen (secondary N) is 1. The minimum Gasteiger partial charge on any atom is -0.351 e. The minimum atomic E-state index is -4.46. The molecule has 0 aliphatic carbocycles. The maximum atomic E-state index is 13.2. The van der Waals surface area contributed by atoms with Crippen LogP contribution in [0.3, 0.4) is 0 Å². The summed E-state index contributed by atoms with van der Waals surface area (Å²) in [6.07, 6.45) is 0. The molecule has 0 heterocycles. The third kappa shape index (κ3) is 3.42. The van der Waals surface area contributed by atoms with Crippen molar-refractivity contribution in [3.8, 4) is 0 Å². The minimum absolute atomic E-state index is 0.781. The van der Waals surface area contributed by atoms with Crippen LogP contribution in [0.1, 0.15) is 10.4 Å². The summed E-state index contributed by atoms with van der Waals surface area (Å²) >= 11 is 0. The fourth-order valence-electron chi connectivity index (χ4n) is 1.19. The molecule has 1 rings (SSSR count). The van der Waals surface area contributed by atoms with Crippen molar-refractivity contribution < 1.29 is 39.7 Å². The summed E-state index contributed by atoms with van der Waals surface area (Å²) in [5.74, 6) is -14.4. The molecule has 2 N–H and O–H groups in total. The topological polar surface area (TPSA) is 83.5 Å². The molecule has 112 valence electrons. The molecule has 5 nitrogen and oxygen atoms in total. The molecule has 1 amide bonds. The number of hydrogen-bond donors (Lipinski definition) is 2. The van der Waals surface area contributed by atoms with Crippen LogP contribution in [0.5, 0.6) is 0 Å². The maximum Gasteiger partial charge on any atom is 0.266 e. The van der Waals surface area contributed by atoms with E-state index in [9.17, 15) is 35.2 Å². The SMILES string of the molecule is O=C(NCCS(=O)(=O)O)c1c(F)c(F)c(F)c(F)c1F. The molecular formula is C9H6F5NO4S. The van der Waals surface area contributed by atoms with Crippen molar-refractivity contribution in [3.05, 3.63) is 34.6 Å². The van der Waals surface area contributed by atoms with E-state index in [1.807, 2.05) is 0 Å². The van der Waals surface area contributed by atoms with Crippen LogP contribution in [-0.4, -0.2) is 31.2 Å². The Bertz CT molecular complexity index is 632. The van der Waals surface area contributed by atoms with Gasteiger partial charge >= 0.3 is 0 Å². The highest BCUT2D eigenvalue weighted by Crippen LogP contribution is 2.22. The van der Waals surface area contributed by atoms with E-state index in [4.69, 9.17) is 4.55 Å². The van der Waals surface area contributed by atoms with Crippen LogP contribution in [-0.2, 0) is 10.1 Å². The Labute approximate surface area is 109 Å². The van der Waals surface area contributed by atoms with Crippen LogP contribution in [0.15, 0.2) is 0 Å². The van der Waals surface area contributed by atoms with Gasteiger partial charge in [-0.05, 0) is 0 Å². The Balaban J connectivity index is 3.06. The largest absolute Gasteiger partial charge is 0.351 e. The number of carbonyl (C=O) groups is 1. The van der Waals surface area contributed by atoms with Crippen molar-refractivity contribution in [2.24, 2.45) is 0 Å². The summed E-state index contributed by atoms with van der Waals surface area (Å²) in [7, 11) is -4.46. The number of rotatable bonds is 4. The van der Waals surface area contributed by atoms with Crippen LogP contribution in [0.4, 0.5) is 22.0 Å². The standard InChI is InChI=1S/C9H6F5NO4S/c10-4-3(5(11)7(13)8(14)6(4)12)9(16)15-1-2-20(17,18)19/h1-2H2,(H,15,16)(H,17,18,19). The van der Waals surface area contributed by atoms with Gasteiger partial charge in [0.2, 0.25) is 5.82 Å². The molecule has 20 heavy (non-hydrogen) atoms. The smallest absolute Gasteiger partial charge is 0.266 e. The number of halogens is 5. The van der Waals surface area contributed by atoms with E-state index in [-0.39, 0.29) is 0 Å². The molecule has 0 unspecified atom stereocenters. The molecule has 1 aromatic rings. The zero-order valence-corrected chi connectivity index (χ0v) is 10.2. The Morgan fingerprint density at radius 1 is 0.950 bits per heavy atom. The fraction of sp³-hybridized carbons (Fsp3) is 0.222. The quantitative estimate of drug-likeness (QED) is 0.375. The number of benzene rings is 1. The molecular weight excluding hydrogens is 313 g/mol. The van der Waals surface area contributed by atoms with Crippen molar-refractivity contribution >= 4 is 16.0 Å². The van der Waals surface area contributed by atoms with Crippen LogP contribution in [0.2, 0.25) is 0 Å². The van der Waals surface area contributed by atoms with E-state index < -0.39 is 63.0 Å². The average Bonchev–Trinajstić information content (AvgIpc) is 2.32. The molecule has 0 aliphatic heterocycles. The van der Waals surface area contributed by atoms with Gasteiger partial charge in [-0.1, -0.05) is 0 Å². The molecule has 0 fully saturated rings. The first-order valence-electron chi connectivity index (χ1n) is 4.81. The van der Waals surface area contributed by atoms with Gasteiger partial charge in [0.25, 0.3) is 16.0 Å². The molecule has 1 aromatic carbocycles. The van der Waals surface area contributed by atoms with Crippen molar-refractivity contribution in [2.75, 3.05) is 12.3 Å². The summed E-state index contributed by atoms with van der Waals surface area (Å²) < 4.78 is 93.6. The summed E-state index contributed by atoms with van der Waals surface area (Å²) in [6, 6.07) is 0. The highest BCUT2D eigenvalue weighted by atomic mass is 32.2. The first kappa shape index (κ1) is 16.3. The second-order valence-electron chi connectivity index (χ2n) is 3.49. The molecule has 0 saturated carbocycles. The van der Waals surface area contributed by atoms with E-state index in [0.717, 1.165) is 0 Å². The lowest BCUT2D eigenvalue weighted by molar-refractivity contribution is 0.0944. The number of carbonyl (C=O) groups excluding carboxylic acids is 1. The monoisotopic (exact) mass is 319 g/mol. The maximum absolute atomic E-state index is 13.2. The molecule has 0 atom stereocenters. The second kappa shape index (κ2) is 5.71. The molecule has 0 spiro atoms. The lowest BCUT2D eigenvalue weighted by atomic mass is 10.1. The first-order valence-corrected chi connectivity index (χ1v) is 6.42. The van der Waals surface area contributed by atoms with Gasteiger partial charge in [-0.2, -0.15) is 8.42 Å². The van der Waals surface area contributed by atoms with Crippen LogP contribution in [0.25, 0.3) is 0 Å². The highest BCUT2D eigenvalue weighted by Gasteiger charge is 2.29. The predicted octanol–water partition coefficient (Wildman–Crippen LogP) is 1.000. The number of amides is 1. The molecule has 0 aliphatic rings.